The summed E-state index contributed by atoms with van der Waals surface area (Å²) in [7, 11) is 0. The molecular formula is C20H22N4O. The maximum atomic E-state index is 12.3. The van der Waals surface area contributed by atoms with Gasteiger partial charge in [0.2, 0.25) is 5.95 Å². The Morgan fingerprint density at radius 1 is 1.00 bits per heavy atom. The normalized spacial score (nSPS) is 10.6. The number of nitrogens with two attached hydrogens (primary N) is 1. The van der Waals surface area contributed by atoms with E-state index < -0.39 is 0 Å². The standard InChI is InChI=1S/C20H22N4O/c21-20-23-18(14-15-8-3-1-4-9-15)17(19(25)24-20)12-7-13-22-16-10-5-2-6-11-16/h1-6,8-11,22H,7,12-14H2,(H3,21,23,24,25). The molecule has 0 radical (unpaired) electrons. The van der Waals surface area contributed by atoms with Crippen LogP contribution in [0.1, 0.15) is 23.2 Å². The van der Waals surface area contributed by atoms with Crippen molar-refractivity contribution in [2.75, 3.05) is 17.6 Å². The number of para-hydroxylation sites is 1. The Bertz CT molecular complexity index is 860. The number of aromatic nitrogens is 2. The van der Waals surface area contributed by atoms with Crippen LogP contribution in [0.15, 0.2) is 65.5 Å². The molecule has 25 heavy (non-hydrogen) atoms. The van der Waals surface area contributed by atoms with E-state index >= 15 is 0 Å². The van der Waals surface area contributed by atoms with Gasteiger partial charge in [-0.1, -0.05) is 48.5 Å². The quantitative estimate of drug-likeness (QED) is 0.580. The molecule has 0 aliphatic rings. The number of hydrogen-bond acceptors (Lipinski definition) is 4. The van der Waals surface area contributed by atoms with E-state index in [-0.39, 0.29) is 11.5 Å². The summed E-state index contributed by atoms with van der Waals surface area (Å²) in [6.45, 7) is 0.790. The van der Waals surface area contributed by atoms with Crippen molar-refractivity contribution in [1.82, 2.24) is 9.97 Å². The highest BCUT2D eigenvalue weighted by Crippen LogP contribution is 2.12. The smallest absolute Gasteiger partial charge is 0.255 e. The second-order valence-electron chi connectivity index (χ2n) is 5.94. The van der Waals surface area contributed by atoms with Gasteiger partial charge in [0.05, 0.1) is 5.69 Å². The summed E-state index contributed by atoms with van der Waals surface area (Å²) in [6, 6.07) is 20.0. The van der Waals surface area contributed by atoms with Crippen molar-refractivity contribution in [3.8, 4) is 0 Å². The first-order valence-electron chi connectivity index (χ1n) is 8.43. The first kappa shape index (κ1) is 16.8. The van der Waals surface area contributed by atoms with Gasteiger partial charge in [0, 0.05) is 24.2 Å². The molecule has 0 fully saturated rings. The minimum atomic E-state index is -0.141. The topological polar surface area (TPSA) is 83.8 Å². The zero-order valence-electron chi connectivity index (χ0n) is 14.0. The molecule has 0 bridgehead atoms. The average molecular weight is 334 g/mol. The second kappa shape index (κ2) is 8.15. The fraction of sp³-hybridized carbons (Fsp3) is 0.200. The summed E-state index contributed by atoms with van der Waals surface area (Å²) in [5, 5.41) is 3.36. The van der Waals surface area contributed by atoms with Gasteiger partial charge in [0.1, 0.15) is 0 Å². The number of H-pyrrole nitrogens is 1. The van der Waals surface area contributed by atoms with Crippen molar-refractivity contribution in [3.63, 3.8) is 0 Å². The van der Waals surface area contributed by atoms with Crippen LogP contribution in [0.4, 0.5) is 11.6 Å². The predicted octanol–water partition coefficient (Wildman–Crippen LogP) is 2.99. The molecule has 0 saturated carbocycles. The Kier molecular flexibility index (Phi) is 5.46. The molecule has 0 aliphatic heterocycles. The first-order chi connectivity index (χ1) is 12.2. The molecule has 3 aromatic rings. The minimum Gasteiger partial charge on any atom is -0.385 e. The van der Waals surface area contributed by atoms with Crippen LogP contribution in [-0.4, -0.2) is 16.5 Å². The van der Waals surface area contributed by atoms with E-state index in [0.29, 0.717) is 18.4 Å². The van der Waals surface area contributed by atoms with Gasteiger partial charge < -0.3 is 11.1 Å². The van der Waals surface area contributed by atoms with Crippen LogP contribution in [-0.2, 0) is 12.8 Å². The number of rotatable bonds is 7. The highest BCUT2D eigenvalue weighted by Gasteiger charge is 2.11. The third kappa shape index (κ3) is 4.70. The van der Waals surface area contributed by atoms with E-state index in [1.165, 1.54) is 0 Å². The van der Waals surface area contributed by atoms with E-state index in [1.807, 2.05) is 60.7 Å². The van der Waals surface area contributed by atoms with E-state index in [0.717, 1.165) is 29.9 Å². The monoisotopic (exact) mass is 334 g/mol. The zero-order chi connectivity index (χ0) is 17.5. The molecule has 1 aromatic heterocycles. The summed E-state index contributed by atoms with van der Waals surface area (Å²) in [5.41, 5.74) is 9.26. The van der Waals surface area contributed by atoms with Crippen molar-refractivity contribution in [1.29, 1.82) is 0 Å². The molecule has 1 heterocycles. The molecule has 5 nitrogen and oxygen atoms in total. The molecule has 0 unspecified atom stereocenters. The van der Waals surface area contributed by atoms with Crippen LogP contribution < -0.4 is 16.6 Å². The Balaban J connectivity index is 1.68. The van der Waals surface area contributed by atoms with Crippen LogP contribution in [0.25, 0.3) is 0 Å². The summed E-state index contributed by atoms with van der Waals surface area (Å²) < 4.78 is 0. The first-order valence-corrected chi connectivity index (χ1v) is 8.43. The lowest BCUT2D eigenvalue weighted by Crippen LogP contribution is -2.21. The summed E-state index contributed by atoms with van der Waals surface area (Å²) in [5.74, 6) is 0.169. The van der Waals surface area contributed by atoms with E-state index in [4.69, 9.17) is 5.73 Å². The average Bonchev–Trinajstić information content (AvgIpc) is 2.62. The number of aromatic amines is 1. The van der Waals surface area contributed by atoms with Crippen LogP contribution in [0.5, 0.6) is 0 Å². The second-order valence-corrected chi connectivity index (χ2v) is 5.94. The molecule has 0 amide bonds. The Morgan fingerprint density at radius 3 is 2.40 bits per heavy atom. The van der Waals surface area contributed by atoms with Crippen molar-refractivity contribution < 1.29 is 0 Å². The number of benzene rings is 2. The molecule has 0 saturated heterocycles. The van der Waals surface area contributed by atoms with Gasteiger partial charge in [-0.3, -0.25) is 9.78 Å². The summed E-state index contributed by atoms with van der Waals surface area (Å²) in [6.07, 6.45) is 2.10. The van der Waals surface area contributed by atoms with Crippen molar-refractivity contribution >= 4 is 11.6 Å². The molecule has 0 aliphatic carbocycles. The number of nitrogen functional groups attached to an aromatic ring is 1. The van der Waals surface area contributed by atoms with Gasteiger partial charge in [-0.15, -0.1) is 0 Å². The molecule has 0 spiro atoms. The number of nitrogens with zero attached hydrogens (tertiary/aromatic N) is 1. The van der Waals surface area contributed by atoms with E-state index in [1.54, 1.807) is 0 Å². The third-order valence-corrected chi connectivity index (χ3v) is 4.04. The number of hydrogen-bond donors (Lipinski definition) is 3. The van der Waals surface area contributed by atoms with Gasteiger partial charge >= 0.3 is 0 Å². The third-order valence-electron chi connectivity index (χ3n) is 4.04. The van der Waals surface area contributed by atoms with Gasteiger partial charge in [-0.25, -0.2) is 4.98 Å². The van der Waals surface area contributed by atoms with Crippen molar-refractivity contribution in [2.24, 2.45) is 0 Å². The molecule has 3 rings (SSSR count). The highest BCUT2D eigenvalue weighted by molar-refractivity contribution is 5.42. The fourth-order valence-electron chi connectivity index (χ4n) is 2.81. The highest BCUT2D eigenvalue weighted by atomic mass is 16.1. The molecule has 2 aromatic carbocycles. The van der Waals surface area contributed by atoms with Gasteiger partial charge in [0.25, 0.3) is 5.56 Å². The Hall–Kier alpha value is -3.08. The zero-order valence-corrected chi connectivity index (χ0v) is 14.0. The minimum absolute atomic E-state index is 0.141. The summed E-state index contributed by atoms with van der Waals surface area (Å²) >= 11 is 0. The van der Waals surface area contributed by atoms with Crippen LogP contribution in [0.2, 0.25) is 0 Å². The van der Waals surface area contributed by atoms with Gasteiger partial charge in [-0.05, 0) is 30.5 Å². The fourth-order valence-corrected chi connectivity index (χ4v) is 2.81. The van der Waals surface area contributed by atoms with Crippen molar-refractivity contribution in [3.05, 3.63) is 87.8 Å². The maximum Gasteiger partial charge on any atom is 0.255 e. The molecular weight excluding hydrogens is 312 g/mol. The molecule has 5 heteroatoms. The largest absolute Gasteiger partial charge is 0.385 e. The molecule has 128 valence electrons. The van der Waals surface area contributed by atoms with Crippen LogP contribution >= 0.6 is 0 Å². The van der Waals surface area contributed by atoms with Gasteiger partial charge in [0.15, 0.2) is 0 Å². The molecule has 4 N–H and O–H groups in total. The SMILES string of the molecule is Nc1nc(Cc2ccccc2)c(CCCNc2ccccc2)c(=O)[nH]1. The Morgan fingerprint density at radius 2 is 1.68 bits per heavy atom. The molecule has 0 atom stereocenters. The van der Waals surface area contributed by atoms with E-state index in [9.17, 15) is 4.79 Å². The van der Waals surface area contributed by atoms with Gasteiger partial charge in [-0.2, -0.15) is 0 Å². The maximum absolute atomic E-state index is 12.3. The lowest BCUT2D eigenvalue weighted by molar-refractivity contribution is 0.820. The number of anilines is 2. The predicted molar refractivity (Wildman–Crippen MR) is 102 cm³/mol. The lowest BCUT2D eigenvalue weighted by atomic mass is 10.0. The van der Waals surface area contributed by atoms with E-state index in [2.05, 4.69) is 15.3 Å². The van der Waals surface area contributed by atoms with Crippen molar-refractivity contribution in [2.45, 2.75) is 19.3 Å². The summed E-state index contributed by atoms with van der Waals surface area (Å²) in [4.78, 5) is 19.3. The Labute approximate surface area is 146 Å². The lowest BCUT2D eigenvalue weighted by Gasteiger charge is -2.10. The number of nitrogens with one attached hydrogen (secondary N) is 2. The van der Waals surface area contributed by atoms with Crippen LogP contribution in [0.3, 0.4) is 0 Å². The van der Waals surface area contributed by atoms with Crippen LogP contribution in [0, 0.1) is 0 Å².